The van der Waals surface area contributed by atoms with E-state index in [2.05, 4.69) is 36.6 Å². The van der Waals surface area contributed by atoms with Gasteiger partial charge in [0.15, 0.2) is 0 Å². The normalized spacial score (nSPS) is 10.6. The SMILES string of the molecule is Cc1cc(Br)ccc1NC(=O)CNC(=O)c1nc(C)n(-c2ccc(Cl)cc2)n1. The lowest BCUT2D eigenvalue weighted by Gasteiger charge is -2.09. The molecule has 0 unspecified atom stereocenters. The minimum atomic E-state index is -0.529. The maximum Gasteiger partial charge on any atom is 0.291 e. The quantitative estimate of drug-likeness (QED) is 0.605. The molecule has 0 fully saturated rings. The monoisotopic (exact) mass is 461 g/mol. The van der Waals surface area contributed by atoms with E-state index in [4.69, 9.17) is 11.6 Å². The van der Waals surface area contributed by atoms with Crippen molar-refractivity contribution in [2.75, 3.05) is 11.9 Å². The van der Waals surface area contributed by atoms with Crippen LogP contribution in [0.4, 0.5) is 5.69 Å². The summed E-state index contributed by atoms with van der Waals surface area (Å²) in [5.74, 6) is -0.339. The Bertz CT molecular complexity index is 1030. The summed E-state index contributed by atoms with van der Waals surface area (Å²) < 4.78 is 2.46. The second-order valence-electron chi connectivity index (χ2n) is 6.06. The van der Waals surface area contributed by atoms with Crippen molar-refractivity contribution >= 4 is 45.0 Å². The van der Waals surface area contributed by atoms with Crippen LogP contribution < -0.4 is 10.6 Å². The second kappa shape index (κ2) is 8.53. The van der Waals surface area contributed by atoms with E-state index in [9.17, 15) is 9.59 Å². The first-order valence-electron chi connectivity index (χ1n) is 8.37. The summed E-state index contributed by atoms with van der Waals surface area (Å²) >= 11 is 9.27. The van der Waals surface area contributed by atoms with E-state index in [0.29, 0.717) is 16.5 Å². The molecule has 0 saturated heterocycles. The first-order chi connectivity index (χ1) is 13.3. The van der Waals surface area contributed by atoms with Crippen LogP contribution in [0, 0.1) is 13.8 Å². The minimum Gasteiger partial charge on any atom is -0.340 e. The van der Waals surface area contributed by atoms with E-state index in [1.807, 2.05) is 19.1 Å². The van der Waals surface area contributed by atoms with E-state index in [-0.39, 0.29) is 18.3 Å². The van der Waals surface area contributed by atoms with Gasteiger partial charge in [-0.15, -0.1) is 5.10 Å². The van der Waals surface area contributed by atoms with Crippen molar-refractivity contribution in [2.45, 2.75) is 13.8 Å². The molecule has 0 radical (unpaired) electrons. The van der Waals surface area contributed by atoms with E-state index in [1.54, 1.807) is 37.3 Å². The molecule has 3 rings (SSSR count). The number of amides is 2. The molecule has 2 aromatic carbocycles. The number of hydrogen-bond acceptors (Lipinski definition) is 4. The van der Waals surface area contributed by atoms with Crippen molar-refractivity contribution in [1.29, 1.82) is 0 Å². The fourth-order valence-corrected chi connectivity index (χ4v) is 3.12. The Kier molecular flexibility index (Phi) is 6.11. The van der Waals surface area contributed by atoms with Crippen molar-refractivity contribution in [1.82, 2.24) is 20.1 Å². The van der Waals surface area contributed by atoms with Crippen LogP contribution in [0.25, 0.3) is 5.69 Å². The van der Waals surface area contributed by atoms with Crippen LogP contribution >= 0.6 is 27.5 Å². The molecular weight excluding hydrogens is 446 g/mol. The zero-order valence-corrected chi connectivity index (χ0v) is 17.5. The van der Waals surface area contributed by atoms with Crippen LogP contribution in [0.1, 0.15) is 22.0 Å². The molecule has 144 valence electrons. The molecule has 3 aromatic rings. The van der Waals surface area contributed by atoms with Crippen molar-refractivity contribution in [2.24, 2.45) is 0 Å². The molecule has 9 heteroatoms. The molecule has 0 aliphatic carbocycles. The van der Waals surface area contributed by atoms with Crippen molar-refractivity contribution < 1.29 is 9.59 Å². The fourth-order valence-electron chi connectivity index (χ4n) is 2.51. The first-order valence-corrected chi connectivity index (χ1v) is 9.54. The third kappa shape index (κ3) is 4.76. The maximum absolute atomic E-state index is 12.3. The Morgan fingerprint density at radius 2 is 1.86 bits per heavy atom. The Balaban J connectivity index is 1.62. The smallest absolute Gasteiger partial charge is 0.291 e. The lowest BCUT2D eigenvalue weighted by atomic mass is 10.2. The number of nitrogens with zero attached hydrogens (tertiary/aromatic N) is 3. The van der Waals surface area contributed by atoms with Gasteiger partial charge in [-0.3, -0.25) is 9.59 Å². The highest BCUT2D eigenvalue weighted by atomic mass is 79.9. The molecule has 0 spiro atoms. The third-order valence-corrected chi connectivity index (χ3v) is 4.66. The minimum absolute atomic E-state index is 0.0138. The zero-order valence-electron chi connectivity index (χ0n) is 15.2. The van der Waals surface area contributed by atoms with Gasteiger partial charge in [-0.25, -0.2) is 9.67 Å². The molecule has 0 atom stereocenters. The van der Waals surface area contributed by atoms with Crippen LogP contribution in [-0.4, -0.2) is 33.1 Å². The molecule has 0 aliphatic rings. The predicted molar refractivity (Wildman–Crippen MR) is 111 cm³/mol. The number of hydrogen-bond donors (Lipinski definition) is 2. The molecule has 0 saturated carbocycles. The van der Waals surface area contributed by atoms with Gasteiger partial charge in [0.05, 0.1) is 12.2 Å². The third-order valence-electron chi connectivity index (χ3n) is 3.92. The number of benzene rings is 2. The van der Waals surface area contributed by atoms with Gasteiger partial charge in [-0.1, -0.05) is 27.5 Å². The summed E-state index contributed by atoms with van der Waals surface area (Å²) in [5.41, 5.74) is 2.33. The van der Waals surface area contributed by atoms with Gasteiger partial charge in [0.1, 0.15) is 5.82 Å². The number of halogens is 2. The maximum atomic E-state index is 12.3. The lowest BCUT2D eigenvalue weighted by Crippen LogP contribution is -2.33. The number of carbonyl (C=O) groups is 2. The van der Waals surface area contributed by atoms with Crippen LogP contribution in [0.3, 0.4) is 0 Å². The number of carbonyl (C=O) groups excluding carboxylic acids is 2. The van der Waals surface area contributed by atoms with Crippen LogP contribution in [0.2, 0.25) is 5.02 Å². The lowest BCUT2D eigenvalue weighted by molar-refractivity contribution is -0.115. The van der Waals surface area contributed by atoms with Gasteiger partial charge >= 0.3 is 0 Å². The van der Waals surface area contributed by atoms with Gasteiger partial charge in [-0.05, 0) is 61.9 Å². The van der Waals surface area contributed by atoms with Gasteiger partial charge in [0.25, 0.3) is 5.91 Å². The Labute approximate surface area is 175 Å². The summed E-state index contributed by atoms with van der Waals surface area (Å²) in [5, 5.41) is 10.1. The van der Waals surface area contributed by atoms with Gasteiger partial charge < -0.3 is 10.6 Å². The summed E-state index contributed by atoms with van der Waals surface area (Å²) in [4.78, 5) is 28.6. The van der Waals surface area contributed by atoms with Gasteiger partial charge in [0.2, 0.25) is 11.7 Å². The molecule has 2 amide bonds. The van der Waals surface area contributed by atoms with E-state index < -0.39 is 5.91 Å². The van der Waals surface area contributed by atoms with Gasteiger partial charge in [-0.2, -0.15) is 0 Å². The van der Waals surface area contributed by atoms with Crippen LogP contribution in [-0.2, 0) is 4.79 Å². The number of rotatable bonds is 5. The summed E-state index contributed by atoms with van der Waals surface area (Å²) in [6.07, 6.45) is 0. The Morgan fingerprint density at radius 3 is 2.54 bits per heavy atom. The van der Waals surface area contributed by atoms with Gasteiger partial charge in [0, 0.05) is 15.2 Å². The molecular formula is C19H17BrClN5O2. The number of nitrogens with one attached hydrogen (secondary N) is 2. The zero-order chi connectivity index (χ0) is 20.3. The molecule has 0 bridgehead atoms. The van der Waals surface area contributed by atoms with E-state index >= 15 is 0 Å². The van der Waals surface area contributed by atoms with E-state index in [0.717, 1.165) is 15.7 Å². The van der Waals surface area contributed by atoms with Crippen LogP contribution in [0.5, 0.6) is 0 Å². The molecule has 2 N–H and O–H groups in total. The highest BCUT2D eigenvalue weighted by molar-refractivity contribution is 9.10. The molecule has 1 aromatic heterocycles. The highest BCUT2D eigenvalue weighted by Crippen LogP contribution is 2.19. The molecule has 1 heterocycles. The fraction of sp³-hybridized carbons (Fsp3) is 0.158. The second-order valence-corrected chi connectivity index (χ2v) is 7.41. The van der Waals surface area contributed by atoms with Crippen LogP contribution in [0.15, 0.2) is 46.9 Å². The highest BCUT2D eigenvalue weighted by Gasteiger charge is 2.16. The number of anilines is 1. The van der Waals surface area contributed by atoms with Crippen molar-refractivity contribution in [3.05, 3.63) is 69.2 Å². The standard InChI is InChI=1S/C19H17BrClN5O2/c1-11-9-13(20)3-8-16(11)24-17(27)10-22-19(28)18-23-12(2)26(25-18)15-6-4-14(21)5-7-15/h3-9H,10H2,1-2H3,(H,22,28)(H,24,27). The van der Waals surface area contributed by atoms with Crippen molar-refractivity contribution in [3.8, 4) is 5.69 Å². The summed E-state index contributed by atoms with van der Waals surface area (Å²) in [7, 11) is 0. The largest absolute Gasteiger partial charge is 0.340 e. The molecule has 7 nitrogen and oxygen atoms in total. The Morgan fingerprint density at radius 1 is 1.14 bits per heavy atom. The topological polar surface area (TPSA) is 88.9 Å². The number of aryl methyl sites for hydroxylation is 2. The Hall–Kier alpha value is -2.71. The van der Waals surface area contributed by atoms with E-state index in [1.165, 1.54) is 4.68 Å². The average Bonchev–Trinajstić information content (AvgIpc) is 3.04. The first kappa shape index (κ1) is 20.0. The van der Waals surface area contributed by atoms with Crippen molar-refractivity contribution in [3.63, 3.8) is 0 Å². The average molecular weight is 463 g/mol. The number of aromatic nitrogens is 3. The summed E-state index contributed by atoms with van der Waals surface area (Å²) in [6.45, 7) is 3.43. The molecule has 28 heavy (non-hydrogen) atoms. The predicted octanol–water partition coefficient (Wildman–Crippen LogP) is 3.67. The molecule has 0 aliphatic heterocycles. The summed E-state index contributed by atoms with van der Waals surface area (Å²) in [6, 6.07) is 12.5.